The topological polar surface area (TPSA) is 47.7 Å². The van der Waals surface area contributed by atoms with Crippen LogP contribution >= 0.6 is 0 Å². The van der Waals surface area contributed by atoms with Gasteiger partial charge in [-0.25, -0.2) is 0 Å². The van der Waals surface area contributed by atoms with Gasteiger partial charge in [0.25, 0.3) is 0 Å². The van der Waals surface area contributed by atoms with Crippen LogP contribution < -0.4 is 5.32 Å². The Balaban J connectivity index is 2.10. The molecule has 0 aliphatic heterocycles. The highest BCUT2D eigenvalue weighted by Gasteiger charge is 2.16. The molecule has 2 rings (SSSR count). The Morgan fingerprint density at radius 1 is 1.11 bits per heavy atom. The third-order valence-electron chi connectivity index (χ3n) is 3.54. The van der Waals surface area contributed by atoms with E-state index in [9.17, 15) is 0 Å². The van der Waals surface area contributed by atoms with E-state index in [0.717, 1.165) is 0 Å². The molecule has 2 aromatic rings. The second-order valence-electron chi connectivity index (χ2n) is 4.80. The van der Waals surface area contributed by atoms with Gasteiger partial charge in [0.05, 0.1) is 11.9 Å². The maximum absolute atomic E-state index is 4.28. The molecule has 2 aromatic heterocycles. The third kappa shape index (κ3) is 2.31. The number of nitrogens with one attached hydrogen (secondary N) is 1. The van der Waals surface area contributed by atoms with Crippen LogP contribution in [0.5, 0.6) is 0 Å². The van der Waals surface area contributed by atoms with Crippen LogP contribution in [-0.2, 0) is 14.1 Å². The molecule has 0 aliphatic rings. The van der Waals surface area contributed by atoms with Gasteiger partial charge >= 0.3 is 0 Å². The first-order valence-electron chi connectivity index (χ1n) is 6.23. The van der Waals surface area contributed by atoms with Crippen molar-refractivity contribution in [3.8, 4) is 0 Å². The standard InChI is InChI=1S/C13H21N5/c1-9(12-8-15-17(4)11(12)3)16-10(2)13-6-7-14-18(13)5/h6-10,16H,1-5H3. The number of hydrogen-bond acceptors (Lipinski definition) is 3. The van der Waals surface area contributed by atoms with Crippen molar-refractivity contribution < 1.29 is 0 Å². The molecule has 0 fully saturated rings. The van der Waals surface area contributed by atoms with E-state index in [2.05, 4.69) is 36.3 Å². The molecule has 2 atom stereocenters. The van der Waals surface area contributed by atoms with Gasteiger partial charge in [0.2, 0.25) is 0 Å². The first-order valence-corrected chi connectivity index (χ1v) is 6.23. The Morgan fingerprint density at radius 2 is 1.83 bits per heavy atom. The fraction of sp³-hybridized carbons (Fsp3) is 0.538. The highest BCUT2D eigenvalue weighted by Crippen LogP contribution is 2.20. The Kier molecular flexibility index (Phi) is 3.52. The van der Waals surface area contributed by atoms with E-state index in [1.165, 1.54) is 17.0 Å². The van der Waals surface area contributed by atoms with Crippen LogP contribution in [-0.4, -0.2) is 19.6 Å². The number of nitrogens with zero attached hydrogens (tertiary/aromatic N) is 4. The van der Waals surface area contributed by atoms with Gasteiger partial charge in [-0.05, 0) is 26.8 Å². The van der Waals surface area contributed by atoms with Crippen molar-refractivity contribution in [1.82, 2.24) is 24.9 Å². The van der Waals surface area contributed by atoms with Crippen molar-refractivity contribution in [2.24, 2.45) is 14.1 Å². The summed E-state index contributed by atoms with van der Waals surface area (Å²) >= 11 is 0. The molecule has 0 amide bonds. The van der Waals surface area contributed by atoms with E-state index in [4.69, 9.17) is 0 Å². The number of rotatable bonds is 4. The molecule has 0 aromatic carbocycles. The van der Waals surface area contributed by atoms with E-state index in [0.29, 0.717) is 0 Å². The number of aryl methyl sites for hydroxylation is 2. The lowest BCUT2D eigenvalue weighted by Gasteiger charge is -2.20. The molecule has 5 nitrogen and oxygen atoms in total. The largest absolute Gasteiger partial charge is 0.302 e. The molecule has 5 heteroatoms. The molecule has 2 unspecified atom stereocenters. The quantitative estimate of drug-likeness (QED) is 0.897. The van der Waals surface area contributed by atoms with Gasteiger partial charge in [0.1, 0.15) is 0 Å². The second kappa shape index (κ2) is 4.94. The predicted molar refractivity (Wildman–Crippen MR) is 71.1 cm³/mol. The average molecular weight is 247 g/mol. The van der Waals surface area contributed by atoms with Crippen molar-refractivity contribution in [2.75, 3.05) is 0 Å². The van der Waals surface area contributed by atoms with Crippen LogP contribution in [0.1, 0.15) is 42.9 Å². The van der Waals surface area contributed by atoms with E-state index in [1.807, 2.05) is 41.9 Å². The van der Waals surface area contributed by atoms with Gasteiger partial charge in [-0.2, -0.15) is 10.2 Å². The van der Waals surface area contributed by atoms with Crippen molar-refractivity contribution in [1.29, 1.82) is 0 Å². The SMILES string of the molecule is Cc1c(C(C)NC(C)c2ccnn2C)cnn1C. The van der Waals surface area contributed by atoms with Gasteiger partial charge in [0.15, 0.2) is 0 Å². The average Bonchev–Trinajstić information content (AvgIpc) is 2.87. The van der Waals surface area contributed by atoms with E-state index in [-0.39, 0.29) is 12.1 Å². The van der Waals surface area contributed by atoms with Gasteiger partial charge < -0.3 is 5.32 Å². The molecular formula is C13H21N5. The predicted octanol–water partition coefficient (Wildman–Crippen LogP) is 1.87. The number of aromatic nitrogens is 4. The lowest BCUT2D eigenvalue weighted by atomic mass is 10.1. The highest BCUT2D eigenvalue weighted by atomic mass is 15.3. The molecule has 2 heterocycles. The minimum atomic E-state index is 0.257. The van der Waals surface area contributed by atoms with Gasteiger partial charge in [-0.3, -0.25) is 9.36 Å². The fourth-order valence-electron chi connectivity index (χ4n) is 2.30. The van der Waals surface area contributed by atoms with Crippen molar-refractivity contribution in [3.05, 3.63) is 35.4 Å². The zero-order valence-corrected chi connectivity index (χ0v) is 11.7. The Labute approximate surface area is 108 Å². The smallest absolute Gasteiger partial charge is 0.0547 e. The van der Waals surface area contributed by atoms with Crippen LogP contribution in [0, 0.1) is 6.92 Å². The fourth-order valence-corrected chi connectivity index (χ4v) is 2.30. The summed E-state index contributed by atoms with van der Waals surface area (Å²) < 4.78 is 3.81. The lowest BCUT2D eigenvalue weighted by Crippen LogP contribution is -2.24. The molecular weight excluding hydrogens is 226 g/mol. The van der Waals surface area contributed by atoms with Gasteiger partial charge in [0, 0.05) is 43.6 Å². The molecule has 0 spiro atoms. The van der Waals surface area contributed by atoms with Gasteiger partial charge in [-0.15, -0.1) is 0 Å². The summed E-state index contributed by atoms with van der Waals surface area (Å²) in [6, 6.07) is 2.57. The summed E-state index contributed by atoms with van der Waals surface area (Å²) in [4.78, 5) is 0. The molecule has 0 bridgehead atoms. The van der Waals surface area contributed by atoms with E-state index >= 15 is 0 Å². The third-order valence-corrected chi connectivity index (χ3v) is 3.54. The van der Waals surface area contributed by atoms with Crippen LogP contribution in [0.3, 0.4) is 0 Å². The molecule has 18 heavy (non-hydrogen) atoms. The summed E-state index contributed by atoms with van der Waals surface area (Å²) in [5, 5.41) is 12.1. The van der Waals surface area contributed by atoms with Crippen LogP contribution in [0.25, 0.3) is 0 Å². The maximum Gasteiger partial charge on any atom is 0.0547 e. The minimum Gasteiger partial charge on any atom is -0.302 e. The van der Waals surface area contributed by atoms with Crippen LogP contribution in [0.2, 0.25) is 0 Å². The molecule has 0 aliphatic carbocycles. The Bertz CT molecular complexity index is 525. The zero-order chi connectivity index (χ0) is 13.3. The first kappa shape index (κ1) is 12.8. The lowest BCUT2D eigenvalue weighted by molar-refractivity contribution is 0.467. The summed E-state index contributed by atoms with van der Waals surface area (Å²) in [7, 11) is 3.93. The van der Waals surface area contributed by atoms with Crippen LogP contribution in [0.15, 0.2) is 18.5 Å². The Hall–Kier alpha value is -1.62. The molecule has 0 saturated carbocycles. The Morgan fingerprint density at radius 3 is 2.33 bits per heavy atom. The van der Waals surface area contributed by atoms with E-state index < -0.39 is 0 Å². The summed E-state index contributed by atoms with van der Waals surface area (Å²) in [6.07, 6.45) is 3.76. The van der Waals surface area contributed by atoms with Crippen molar-refractivity contribution in [2.45, 2.75) is 32.9 Å². The molecule has 0 radical (unpaired) electrons. The summed E-state index contributed by atoms with van der Waals surface area (Å²) in [5.74, 6) is 0. The minimum absolute atomic E-state index is 0.257. The maximum atomic E-state index is 4.28. The molecule has 98 valence electrons. The summed E-state index contributed by atoms with van der Waals surface area (Å²) in [6.45, 7) is 6.41. The van der Waals surface area contributed by atoms with Gasteiger partial charge in [-0.1, -0.05) is 0 Å². The van der Waals surface area contributed by atoms with Crippen molar-refractivity contribution >= 4 is 0 Å². The van der Waals surface area contributed by atoms with Crippen molar-refractivity contribution in [3.63, 3.8) is 0 Å². The van der Waals surface area contributed by atoms with E-state index in [1.54, 1.807) is 0 Å². The first-order chi connectivity index (χ1) is 8.50. The normalized spacial score (nSPS) is 14.7. The van der Waals surface area contributed by atoms with Crippen LogP contribution in [0.4, 0.5) is 0 Å². The number of hydrogen-bond donors (Lipinski definition) is 1. The monoisotopic (exact) mass is 247 g/mol. The molecule has 1 N–H and O–H groups in total. The second-order valence-corrected chi connectivity index (χ2v) is 4.80. The highest BCUT2D eigenvalue weighted by molar-refractivity contribution is 5.20. The molecule has 0 saturated heterocycles. The summed E-state index contributed by atoms with van der Waals surface area (Å²) in [5.41, 5.74) is 3.63. The zero-order valence-electron chi connectivity index (χ0n) is 11.7.